The molecule has 0 saturated carbocycles. The summed E-state index contributed by atoms with van der Waals surface area (Å²) in [4.78, 5) is 10.6. The molecule has 0 radical (unpaired) electrons. The van der Waals surface area contributed by atoms with E-state index < -0.39 is 0 Å². The predicted octanol–water partition coefficient (Wildman–Crippen LogP) is 3.86. The van der Waals surface area contributed by atoms with Gasteiger partial charge in [-0.15, -0.1) is 0 Å². The Hall–Kier alpha value is -2.36. The SMILES string of the molecule is CCc1ccc(N(C)c2ncnc3occ(C)c23)cc1. The van der Waals surface area contributed by atoms with E-state index in [0.717, 1.165) is 28.9 Å². The molecule has 0 aliphatic carbocycles. The van der Waals surface area contributed by atoms with Crippen LogP contribution in [0.3, 0.4) is 0 Å². The number of fused-ring (bicyclic) bond motifs is 1. The van der Waals surface area contributed by atoms with Gasteiger partial charge in [0.25, 0.3) is 0 Å². The highest BCUT2D eigenvalue weighted by Crippen LogP contribution is 2.31. The van der Waals surface area contributed by atoms with Crippen LogP contribution in [-0.2, 0) is 6.42 Å². The van der Waals surface area contributed by atoms with Crippen molar-refractivity contribution in [3.63, 3.8) is 0 Å². The maximum atomic E-state index is 5.43. The van der Waals surface area contributed by atoms with Gasteiger partial charge in [-0.25, -0.2) is 9.97 Å². The number of furan rings is 1. The van der Waals surface area contributed by atoms with Crippen LogP contribution in [0.1, 0.15) is 18.1 Å². The first-order valence-electron chi connectivity index (χ1n) is 6.72. The zero-order valence-corrected chi connectivity index (χ0v) is 11.9. The lowest BCUT2D eigenvalue weighted by atomic mass is 10.1. The lowest BCUT2D eigenvalue weighted by Crippen LogP contribution is -2.12. The minimum Gasteiger partial charge on any atom is -0.446 e. The summed E-state index contributed by atoms with van der Waals surface area (Å²) in [6, 6.07) is 8.52. The van der Waals surface area contributed by atoms with Crippen LogP contribution in [0.4, 0.5) is 11.5 Å². The summed E-state index contributed by atoms with van der Waals surface area (Å²) in [5.74, 6) is 0.866. The lowest BCUT2D eigenvalue weighted by Gasteiger charge is -2.19. The fourth-order valence-corrected chi connectivity index (χ4v) is 2.33. The van der Waals surface area contributed by atoms with Crippen molar-refractivity contribution in [2.75, 3.05) is 11.9 Å². The molecule has 0 unspecified atom stereocenters. The predicted molar refractivity (Wildman–Crippen MR) is 80.4 cm³/mol. The molecule has 0 bridgehead atoms. The summed E-state index contributed by atoms with van der Waals surface area (Å²) in [5.41, 5.74) is 4.11. The first-order valence-corrected chi connectivity index (χ1v) is 6.72. The number of anilines is 2. The first-order chi connectivity index (χ1) is 9.70. The quantitative estimate of drug-likeness (QED) is 0.722. The van der Waals surface area contributed by atoms with Gasteiger partial charge in [0, 0.05) is 18.3 Å². The Balaban J connectivity index is 2.07. The van der Waals surface area contributed by atoms with Gasteiger partial charge < -0.3 is 9.32 Å². The van der Waals surface area contributed by atoms with Crippen LogP contribution >= 0.6 is 0 Å². The van der Waals surface area contributed by atoms with E-state index in [1.54, 1.807) is 6.26 Å². The highest BCUT2D eigenvalue weighted by molar-refractivity contribution is 5.91. The molecule has 0 amide bonds. The maximum Gasteiger partial charge on any atom is 0.231 e. The molecule has 20 heavy (non-hydrogen) atoms. The number of hydrogen-bond acceptors (Lipinski definition) is 4. The van der Waals surface area contributed by atoms with Crippen molar-refractivity contribution in [2.45, 2.75) is 20.3 Å². The van der Waals surface area contributed by atoms with Crippen LogP contribution < -0.4 is 4.90 Å². The number of rotatable bonds is 3. The Bertz CT molecular complexity index is 731. The number of aromatic nitrogens is 2. The lowest BCUT2D eigenvalue weighted by molar-refractivity contribution is 0.600. The van der Waals surface area contributed by atoms with Crippen LogP contribution in [-0.4, -0.2) is 17.0 Å². The molecule has 0 atom stereocenters. The van der Waals surface area contributed by atoms with Crippen molar-refractivity contribution < 1.29 is 4.42 Å². The fraction of sp³-hybridized carbons (Fsp3) is 0.250. The molecule has 3 rings (SSSR count). The van der Waals surface area contributed by atoms with Crippen molar-refractivity contribution >= 4 is 22.6 Å². The molecular formula is C16H17N3O. The van der Waals surface area contributed by atoms with Crippen LogP contribution in [0.2, 0.25) is 0 Å². The normalized spacial score (nSPS) is 10.9. The summed E-state index contributed by atoms with van der Waals surface area (Å²) in [6.07, 6.45) is 4.30. The molecule has 102 valence electrons. The fourth-order valence-electron chi connectivity index (χ4n) is 2.33. The third-order valence-corrected chi connectivity index (χ3v) is 3.58. The van der Waals surface area contributed by atoms with Gasteiger partial charge in [0.2, 0.25) is 5.71 Å². The molecule has 2 heterocycles. The van der Waals surface area contributed by atoms with Gasteiger partial charge in [-0.2, -0.15) is 0 Å². The number of nitrogens with zero attached hydrogens (tertiary/aromatic N) is 3. The average Bonchev–Trinajstić information content (AvgIpc) is 2.88. The van der Waals surface area contributed by atoms with Gasteiger partial charge in [-0.1, -0.05) is 19.1 Å². The van der Waals surface area contributed by atoms with E-state index in [9.17, 15) is 0 Å². The summed E-state index contributed by atoms with van der Waals surface area (Å²) in [7, 11) is 2.01. The Morgan fingerprint density at radius 2 is 1.90 bits per heavy atom. The number of aryl methyl sites for hydroxylation is 2. The summed E-state index contributed by atoms with van der Waals surface area (Å²) >= 11 is 0. The Labute approximate surface area is 118 Å². The Kier molecular flexibility index (Phi) is 3.14. The smallest absolute Gasteiger partial charge is 0.231 e. The van der Waals surface area contributed by atoms with Crippen LogP contribution in [0, 0.1) is 6.92 Å². The average molecular weight is 267 g/mol. The van der Waals surface area contributed by atoms with E-state index in [2.05, 4.69) is 46.1 Å². The first kappa shape index (κ1) is 12.7. The Morgan fingerprint density at radius 3 is 2.60 bits per heavy atom. The van der Waals surface area contributed by atoms with E-state index in [-0.39, 0.29) is 0 Å². The van der Waals surface area contributed by atoms with Gasteiger partial charge in [-0.05, 0) is 31.0 Å². The Morgan fingerprint density at radius 1 is 1.15 bits per heavy atom. The molecule has 0 N–H and O–H groups in total. The molecule has 0 aliphatic rings. The van der Waals surface area contributed by atoms with Crippen molar-refractivity contribution in [3.05, 3.63) is 48.0 Å². The molecule has 4 nitrogen and oxygen atoms in total. The van der Waals surface area contributed by atoms with E-state index in [1.165, 1.54) is 11.9 Å². The molecule has 2 aromatic heterocycles. The molecule has 0 fully saturated rings. The van der Waals surface area contributed by atoms with Gasteiger partial charge in [0.05, 0.1) is 11.6 Å². The maximum absolute atomic E-state index is 5.43. The zero-order valence-electron chi connectivity index (χ0n) is 11.9. The van der Waals surface area contributed by atoms with Crippen molar-refractivity contribution in [2.24, 2.45) is 0 Å². The molecule has 3 aromatic rings. The second kappa shape index (κ2) is 4.96. The molecule has 0 spiro atoms. The van der Waals surface area contributed by atoms with E-state index in [0.29, 0.717) is 5.71 Å². The minimum atomic E-state index is 0.629. The van der Waals surface area contributed by atoms with Gasteiger partial charge in [-0.3, -0.25) is 0 Å². The number of hydrogen-bond donors (Lipinski definition) is 0. The highest BCUT2D eigenvalue weighted by Gasteiger charge is 2.14. The van der Waals surface area contributed by atoms with Gasteiger partial charge in [0.15, 0.2) is 0 Å². The topological polar surface area (TPSA) is 42.2 Å². The van der Waals surface area contributed by atoms with Crippen LogP contribution in [0.5, 0.6) is 0 Å². The molecule has 0 saturated heterocycles. The highest BCUT2D eigenvalue weighted by atomic mass is 16.3. The second-order valence-electron chi connectivity index (χ2n) is 4.88. The van der Waals surface area contributed by atoms with E-state index in [1.807, 2.05) is 14.0 Å². The monoisotopic (exact) mass is 267 g/mol. The third-order valence-electron chi connectivity index (χ3n) is 3.58. The standard InChI is InChI=1S/C16H17N3O/c1-4-12-5-7-13(8-6-12)19(3)15-14-11(2)9-20-16(14)18-10-17-15/h5-10H,4H2,1-3H3. The van der Waals surface area contributed by atoms with Crippen molar-refractivity contribution in [1.82, 2.24) is 9.97 Å². The largest absolute Gasteiger partial charge is 0.446 e. The summed E-state index contributed by atoms with van der Waals surface area (Å²) in [6.45, 7) is 4.16. The van der Waals surface area contributed by atoms with Gasteiger partial charge >= 0.3 is 0 Å². The van der Waals surface area contributed by atoms with Crippen LogP contribution in [0.15, 0.2) is 41.3 Å². The zero-order chi connectivity index (χ0) is 14.1. The minimum absolute atomic E-state index is 0.629. The molecule has 4 heteroatoms. The van der Waals surface area contributed by atoms with E-state index in [4.69, 9.17) is 4.42 Å². The molecule has 0 aliphatic heterocycles. The third kappa shape index (κ3) is 2.03. The summed E-state index contributed by atoms with van der Waals surface area (Å²) < 4.78 is 5.43. The van der Waals surface area contributed by atoms with E-state index >= 15 is 0 Å². The molecule has 1 aromatic carbocycles. The molecular weight excluding hydrogens is 250 g/mol. The second-order valence-corrected chi connectivity index (χ2v) is 4.88. The van der Waals surface area contributed by atoms with Crippen molar-refractivity contribution in [3.8, 4) is 0 Å². The van der Waals surface area contributed by atoms with Gasteiger partial charge in [0.1, 0.15) is 12.1 Å². The van der Waals surface area contributed by atoms with Crippen LogP contribution in [0.25, 0.3) is 11.1 Å². The summed E-state index contributed by atoms with van der Waals surface area (Å²) in [5, 5.41) is 0.967. The van der Waals surface area contributed by atoms with Crippen molar-refractivity contribution in [1.29, 1.82) is 0 Å². The number of benzene rings is 1.